The third kappa shape index (κ3) is 3.56. The van der Waals surface area contributed by atoms with Crippen molar-refractivity contribution in [2.24, 2.45) is 0 Å². The SMILES string of the molecule is COC(C)(C)C(=O)N[C@@H](C)c1ccc(C)cc1. The number of ether oxygens (including phenoxy) is 1. The van der Waals surface area contributed by atoms with E-state index < -0.39 is 5.60 Å². The van der Waals surface area contributed by atoms with Gasteiger partial charge in [0.1, 0.15) is 5.60 Å². The summed E-state index contributed by atoms with van der Waals surface area (Å²) >= 11 is 0. The van der Waals surface area contributed by atoms with Crippen molar-refractivity contribution in [3.63, 3.8) is 0 Å². The standard InChI is InChI=1S/C14H21NO2/c1-10-6-8-12(9-7-10)11(2)15-13(16)14(3,4)17-5/h6-9,11H,1-5H3,(H,15,16)/t11-/m0/s1. The van der Waals surface area contributed by atoms with Crippen LogP contribution in [0.4, 0.5) is 0 Å². The van der Waals surface area contributed by atoms with Gasteiger partial charge in [-0.2, -0.15) is 0 Å². The molecule has 1 amide bonds. The minimum Gasteiger partial charge on any atom is -0.369 e. The van der Waals surface area contributed by atoms with Gasteiger partial charge in [-0.05, 0) is 33.3 Å². The topological polar surface area (TPSA) is 38.3 Å². The third-order valence-corrected chi connectivity index (χ3v) is 2.98. The summed E-state index contributed by atoms with van der Waals surface area (Å²) in [6.45, 7) is 7.52. The van der Waals surface area contributed by atoms with Crippen molar-refractivity contribution in [3.05, 3.63) is 35.4 Å². The predicted octanol–water partition coefficient (Wildman–Crippen LogP) is 2.60. The Morgan fingerprint density at radius 1 is 1.29 bits per heavy atom. The van der Waals surface area contributed by atoms with Crippen LogP contribution in [0.1, 0.15) is 37.9 Å². The molecule has 17 heavy (non-hydrogen) atoms. The molecule has 0 aromatic heterocycles. The van der Waals surface area contributed by atoms with Gasteiger partial charge in [0.25, 0.3) is 5.91 Å². The van der Waals surface area contributed by atoms with Crippen molar-refractivity contribution in [1.29, 1.82) is 0 Å². The Balaban J connectivity index is 2.70. The van der Waals surface area contributed by atoms with Crippen LogP contribution in [0.25, 0.3) is 0 Å². The molecule has 1 N–H and O–H groups in total. The van der Waals surface area contributed by atoms with Gasteiger partial charge in [-0.15, -0.1) is 0 Å². The Bertz CT molecular complexity index is 382. The van der Waals surface area contributed by atoms with E-state index in [0.717, 1.165) is 5.56 Å². The Morgan fingerprint density at radius 2 is 1.82 bits per heavy atom. The molecule has 0 spiro atoms. The van der Waals surface area contributed by atoms with E-state index in [0.29, 0.717) is 0 Å². The number of carbonyl (C=O) groups excluding carboxylic acids is 1. The van der Waals surface area contributed by atoms with E-state index in [-0.39, 0.29) is 11.9 Å². The van der Waals surface area contributed by atoms with Crippen molar-refractivity contribution in [3.8, 4) is 0 Å². The van der Waals surface area contributed by atoms with Gasteiger partial charge in [0, 0.05) is 7.11 Å². The van der Waals surface area contributed by atoms with Gasteiger partial charge >= 0.3 is 0 Å². The molecule has 0 aliphatic rings. The van der Waals surface area contributed by atoms with E-state index in [1.807, 2.05) is 38.1 Å². The first-order valence-electron chi connectivity index (χ1n) is 5.79. The van der Waals surface area contributed by atoms with Crippen LogP contribution in [-0.2, 0) is 9.53 Å². The van der Waals surface area contributed by atoms with Gasteiger partial charge in [0.05, 0.1) is 6.04 Å². The largest absolute Gasteiger partial charge is 0.369 e. The van der Waals surface area contributed by atoms with Crippen LogP contribution in [-0.4, -0.2) is 18.6 Å². The average Bonchev–Trinajstić information content (AvgIpc) is 2.29. The molecule has 0 unspecified atom stereocenters. The van der Waals surface area contributed by atoms with Gasteiger partial charge in [-0.25, -0.2) is 0 Å². The highest BCUT2D eigenvalue weighted by Gasteiger charge is 2.28. The molecular formula is C14H21NO2. The summed E-state index contributed by atoms with van der Waals surface area (Å²) in [6.07, 6.45) is 0. The lowest BCUT2D eigenvalue weighted by atomic mass is 10.0. The van der Waals surface area contributed by atoms with Crippen LogP contribution in [0, 0.1) is 6.92 Å². The number of amides is 1. The monoisotopic (exact) mass is 235 g/mol. The fraction of sp³-hybridized carbons (Fsp3) is 0.500. The molecule has 0 heterocycles. The van der Waals surface area contributed by atoms with E-state index in [1.165, 1.54) is 12.7 Å². The summed E-state index contributed by atoms with van der Waals surface area (Å²) in [5, 5.41) is 2.94. The Labute approximate surface area is 103 Å². The number of aryl methyl sites for hydroxylation is 1. The fourth-order valence-electron chi connectivity index (χ4n) is 1.40. The van der Waals surface area contributed by atoms with Gasteiger partial charge in [-0.1, -0.05) is 29.8 Å². The molecule has 3 nitrogen and oxygen atoms in total. The first-order valence-corrected chi connectivity index (χ1v) is 5.79. The molecule has 0 aliphatic carbocycles. The second-order valence-electron chi connectivity index (χ2n) is 4.82. The van der Waals surface area contributed by atoms with E-state index in [9.17, 15) is 4.79 Å². The number of methoxy groups -OCH3 is 1. The molecule has 1 aromatic carbocycles. The second-order valence-corrected chi connectivity index (χ2v) is 4.82. The average molecular weight is 235 g/mol. The number of benzene rings is 1. The smallest absolute Gasteiger partial charge is 0.252 e. The summed E-state index contributed by atoms with van der Waals surface area (Å²) in [5.41, 5.74) is 1.51. The van der Waals surface area contributed by atoms with Crippen LogP contribution in [0.15, 0.2) is 24.3 Å². The summed E-state index contributed by atoms with van der Waals surface area (Å²) < 4.78 is 5.14. The number of hydrogen-bond donors (Lipinski definition) is 1. The molecule has 0 saturated carbocycles. The Hall–Kier alpha value is -1.35. The second kappa shape index (κ2) is 5.32. The van der Waals surface area contributed by atoms with E-state index in [2.05, 4.69) is 5.32 Å². The summed E-state index contributed by atoms with van der Waals surface area (Å²) in [6, 6.07) is 8.12. The molecule has 0 fully saturated rings. The highest BCUT2D eigenvalue weighted by Crippen LogP contribution is 2.15. The minimum absolute atomic E-state index is 0.0162. The molecular weight excluding hydrogens is 214 g/mol. The lowest BCUT2D eigenvalue weighted by Crippen LogP contribution is -2.44. The maximum absolute atomic E-state index is 11.9. The van der Waals surface area contributed by atoms with E-state index in [1.54, 1.807) is 13.8 Å². The lowest BCUT2D eigenvalue weighted by Gasteiger charge is -2.24. The molecule has 94 valence electrons. The normalized spacial score (nSPS) is 13.2. The van der Waals surface area contributed by atoms with Gasteiger partial charge in [0.2, 0.25) is 0 Å². The maximum Gasteiger partial charge on any atom is 0.252 e. The zero-order chi connectivity index (χ0) is 13.1. The summed E-state index contributed by atoms with van der Waals surface area (Å²) in [5.74, 6) is -0.104. The zero-order valence-electron chi connectivity index (χ0n) is 11.2. The highest BCUT2D eigenvalue weighted by molar-refractivity contribution is 5.84. The number of hydrogen-bond acceptors (Lipinski definition) is 2. The van der Waals surface area contributed by atoms with Crippen LogP contribution in [0.5, 0.6) is 0 Å². The number of rotatable bonds is 4. The van der Waals surface area contributed by atoms with Crippen LogP contribution >= 0.6 is 0 Å². The molecule has 1 atom stereocenters. The number of nitrogens with one attached hydrogen (secondary N) is 1. The molecule has 0 bridgehead atoms. The van der Waals surface area contributed by atoms with Crippen molar-refractivity contribution in [2.45, 2.75) is 39.3 Å². The minimum atomic E-state index is -0.793. The maximum atomic E-state index is 11.9. The van der Waals surface area contributed by atoms with Crippen LogP contribution in [0.2, 0.25) is 0 Å². The molecule has 3 heteroatoms. The number of carbonyl (C=O) groups is 1. The lowest BCUT2D eigenvalue weighted by molar-refractivity contribution is -0.140. The van der Waals surface area contributed by atoms with E-state index >= 15 is 0 Å². The van der Waals surface area contributed by atoms with Crippen molar-refractivity contribution >= 4 is 5.91 Å². The van der Waals surface area contributed by atoms with Gasteiger partial charge in [0.15, 0.2) is 0 Å². The van der Waals surface area contributed by atoms with Crippen molar-refractivity contribution < 1.29 is 9.53 Å². The van der Waals surface area contributed by atoms with E-state index in [4.69, 9.17) is 4.74 Å². The van der Waals surface area contributed by atoms with Crippen LogP contribution in [0.3, 0.4) is 0 Å². The molecule has 0 radical (unpaired) electrons. The first kappa shape index (κ1) is 13.7. The Kier molecular flexibility index (Phi) is 4.29. The quantitative estimate of drug-likeness (QED) is 0.871. The van der Waals surface area contributed by atoms with Gasteiger partial charge in [-0.3, -0.25) is 4.79 Å². The summed E-state index contributed by atoms with van der Waals surface area (Å²) in [4.78, 5) is 11.9. The fourth-order valence-corrected chi connectivity index (χ4v) is 1.40. The highest BCUT2D eigenvalue weighted by atomic mass is 16.5. The third-order valence-electron chi connectivity index (χ3n) is 2.98. The molecule has 0 aliphatic heterocycles. The molecule has 1 rings (SSSR count). The summed E-state index contributed by atoms with van der Waals surface area (Å²) in [7, 11) is 1.54. The zero-order valence-corrected chi connectivity index (χ0v) is 11.2. The first-order chi connectivity index (χ1) is 7.86. The molecule has 1 aromatic rings. The van der Waals surface area contributed by atoms with Crippen LogP contribution < -0.4 is 5.32 Å². The van der Waals surface area contributed by atoms with Crippen molar-refractivity contribution in [2.75, 3.05) is 7.11 Å². The van der Waals surface area contributed by atoms with Gasteiger partial charge < -0.3 is 10.1 Å². The predicted molar refractivity (Wildman–Crippen MR) is 68.8 cm³/mol. The van der Waals surface area contributed by atoms with Crippen molar-refractivity contribution in [1.82, 2.24) is 5.32 Å². The molecule has 0 saturated heterocycles. The Morgan fingerprint density at radius 3 is 2.29 bits per heavy atom.